The lowest BCUT2D eigenvalue weighted by Crippen LogP contribution is -2.50. The highest BCUT2D eigenvalue weighted by Gasteiger charge is 2.73. The zero-order valence-electron chi connectivity index (χ0n) is 16.5. The van der Waals surface area contributed by atoms with Gasteiger partial charge in [0, 0.05) is 35.3 Å². The molecule has 0 aliphatic rings. The zero-order chi connectivity index (χ0) is 26.1. The molecule has 1 aromatic heterocycles. The van der Waals surface area contributed by atoms with E-state index < -0.39 is 39.6 Å². The van der Waals surface area contributed by atoms with Gasteiger partial charge < -0.3 is 15.5 Å². The van der Waals surface area contributed by atoms with Gasteiger partial charge in [-0.15, -0.1) is 0 Å². The standard InChI is InChI=1S/C19H11Cl3F7N3O2/c1-34-16(33)11-2-8(6-32-15(11)22)9(5-30)7-31-14-12(20)3-10(4-13(14)21)17(23,18(24,25)26)19(27,28)29/h2-7,30-31H,1H3/b9-7+,30-5?. The van der Waals surface area contributed by atoms with E-state index in [2.05, 4.69) is 15.0 Å². The van der Waals surface area contributed by atoms with Crippen LogP contribution in [0.2, 0.25) is 15.2 Å². The number of hydrogen-bond donors (Lipinski definition) is 2. The number of allylic oxidation sites excluding steroid dienone is 1. The van der Waals surface area contributed by atoms with E-state index in [1.54, 1.807) is 0 Å². The zero-order valence-corrected chi connectivity index (χ0v) is 18.8. The Morgan fingerprint density at radius 3 is 2.00 bits per heavy atom. The highest BCUT2D eigenvalue weighted by Crippen LogP contribution is 2.54. The van der Waals surface area contributed by atoms with E-state index >= 15 is 0 Å². The molecule has 0 aliphatic carbocycles. The lowest BCUT2D eigenvalue weighted by Gasteiger charge is -2.30. The molecule has 0 atom stereocenters. The first-order valence-electron chi connectivity index (χ1n) is 8.61. The second-order valence-electron chi connectivity index (χ2n) is 6.41. The van der Waals surface area contributed by atoms with Gasteiger partial charge in [0.25, 0.3) is 0 Å². The van der Waals surface area contributed by atoms with Crippen LogP contribution in [0.25, 0.3) is 5.57 Å². The van der Waals surface area contributed by atoms with Crippen LogP contribution in [0.15, 0.2) is 30.6 Å². The Morgan fingerprint density at radius 2 is 1.56 bits per heavy atom. The van der Waals surface area contributed by atoms with Crippen molar-refractivity contribution in [2.24, 2.45) is 0 Å². The molecule has 0 amide bonds. The quantitative estimate of drug-likeness (QED) is 0.172. The number of methoxy groups -OCH3 is 1. The van der Waals surface area contributed by atoms with Gasteiger partial charge in [0.15, 0.2) is 0 Å². The molecule has 1 heterocycles. The number of carbonyl (C=O) groups excluding carboxylic acids is 1. The number of aromatic nitrogens is 1. The number of anilines is 1. The maximum atomic E-state index is 14.3. The largest absolute Gasteiger partial charge is 0.465 e. The number of nitrogens with zero attached hydrogens (tertiary/aromatic N) is 1. The van der Waals surface area contributed by atoms with Crippen LogP contribution < -0.4 is 5.32 Å². The van der Waals surface area contributed by atoms with Crippen LogP contribution in [-0.4, -0.2) is 36.6 Å². The van der Waals surface area contributed by atoms with E-state index in [9.17, 15) is 35.5 Å². The molecule has 0 bridgehead atoms. The lowest BCUT2D eigenvalue weighted by atomic mass is 9.94. The second-order valence-corrected chi connectivity index (χ2v) is 7.58. The summed E-state index contributed by atoms with van der Waals surface area (Å²) in [5.41, 5.74) is -7.96. The molecule has 1 aromatic carbocycles. The summed E-state index contributed by atoms with van der Waals surface area (Å²) in [6.07, 6.45) is -9.71. The fourth-order valence-corrected chi connectivity index (χ4v) is 3.39. The number of carbonyl (C=O) groups is 1. The van der Waals surface area contributed by atoms with E-state index in [4.69, 9.17) is 40.2 Å². The Balaban J connectivity index is 2.51. The summed E-state index contributed by atoms with van der Waals surface area (Å²) in [4.78, 5) is 15.5. The Bertz CT molecular complexity index is 1110. The highest BCUT2D eigenvalue weighted by atomic mass is 35.5. The van der Waals surface area contributed by atoms with Crippen LogP contribution >= 0.6 is 34.8 Å². The van der Waals surface area contributed by atoms with E-state index in [1.165, 1.54) is 12.3 Å². The van der Waals surface area contributed by atoms with Crippen molar-refractivity contribution in [3.05, 3.63) is 62.5 Å². The number of benzene rings is 1. The summed E-state index contributed by atoms with van der Waals surface area (Å²) in [6, 6.07) is 1.48. The number of hydrogen-bond acceptors (Lipinski definition) is 5. The molecule has 0 spiro atoms. The van der Waals surface area contributed by atoms with Crippen LogP contribution in [0.5, 0.6) is 0 Å². The molecule has 34 heavy (non-hydrogen) atoms. The molecule has 0 radical (unpaired) electrons. The highest BCUT2D eigenvalue weighted by molar-refractivity contribution is 6.39. The average molecular weight is 553 g/mol. The van der Waals surface area contributed by atoms with Crippen molar-refractivity contribution in [2.45, 2.75) is 18.0 Å². The summed E-state index contributed by atoms with van der Waals surface area (Å²) in [7, 11) is 1.09. The van der Waals surface area contributed by atoms with Gasteiger partial charge in [-0.3, -0.25) is 0 Å². The second kappa shape index (κ2) is 9.96. The third-order valence-electron chi connectivity index (χ3n) is 4.33. The van der Waals surface area contributed by atoms with Gasteiger partial charge >= 0.3 is 24.0 Å². The molecule has 0 aliphatic heterocycles. The number of rotatable bonds is 6. The van der Waals surface area contributed by atoms with Crippen molar-refractivity contribution < 1.29 is 40.3 Å². The first-order chi connectivity index (χ1) is 15.6. The monoisotopic (exact) mass is 551 g/mol. The van der Waals surface area contributed by atoms with Crippen LogP contribution in [0.3, 0.4) is 0 Å². The van der Waals surface area contributed by atoms with Crippen molar-refractivity contribution in [3.8, 4) is 0 Å². The Labute approximate surface area is 202 Å². The first kappa shape index (κ1) is 27.7. The summed E-state index contributed by atoms with van der Waals surface area (Å²) in [5.74, 6) is -0.831. The van der Waals surface area contributed by atoms with E-state index in [0.29, 0.717) is 0 Å². The summed E-state index contributed by atoms with van der Waals surface area (Å²) >= 11 is 17.4. The fourth-order valence-electron chi connectivity index (χ4n) is 2.62. The predicted molar refractivity (Wildman–Crippen MR) is 112 cm³/mol. The minimum atomic E-state index is -6.35. The molecular weight excluding hydrogens is 542 g/mol. The lowest BCUT2D eigenvalue weighted by molar-refractivity contribution is -0.348. The third-order valence-corrected chi connectivity index (χ3v) is 5.22. The Morgan fingerprint density at radius 1 is 1.03 bits per heavy atom. The molecule has 5 nitrogen and oxygen atoms in total. The van der Waals surface area contributed by atoms with Crippen LogP contribution in [0, 0.1) is 5.41 Å². The van der Waals surface area contributed by atoms with Crippen molar-refractivity contribution in [1.82, 2.24) is 4.98 Å². The molecule has 2 rings (SSSR count). The molecule has 0 fully saturated rings. The van der Waals surface area contributed by atoms with E-state index in [1.807, 2.05) is 0 Å². The molecular formula is C19H11Cl3F7N3O2. The topological polar surface area (TPSA) is 75.1 Å². The molecule has 0 unspecified atom stereocenters. The van der Waals surface area contributed by atoms with Crippen molar-refractivity contribution in [3.63, 3.8) is 0 Å². The summed E-state index contributed by atoms with van der Waals surface area (Å²) in [6.45, 7) is 0. The minimum absolute atomic E-state index is 0.0101. The third kappa shape index (κ3) is 5.23. The Hall–Kier alpha value is -2.57. The molecule has 2 aromatic rings. The van der Waals surface area contributed by atoms with Gasteiger partial charge in [0.1, 0.15) is 5.15 Å². The van der Waals surface area contributed by atoms with Gasteiger partial charge in [-0.25, -0.2) is 14.2 Å². The number of halogens is 10. The molecule has 2 N–H and O–H groups in total. The molecule has 0 saturated carbocycles. The summed E-state index contributed by atoms with van der Waals surface area (Å²) < 4.78 is 96.9. The van der Waals surface area contributed by atoms with Crippen LogP contribution in [0.4, 0.5) is 36.4 Å². The molecule has 15 heteroatoms. The number of pyridine rings is 1. The van der Waals surface area contributed by atoms with Crippen molar-refractivity contribution in [1.29, 1.82) is 5.41 Å². The average Bonchev–Trinajstić information content (AvgIpc) is 2.73. The normalized spacial score (nSPS) is 13.0. The van der Waals surface area contributed by atoms with Gasteiger partial charge in [-0.05, 0) is 18.2 Å². The van der Waals surface area contributed by atoms with E-state index in [-0.39, 0.29) is 39.7 Å². The number of ether oxygens (including phenoxy) is 1. The van der Waals surface area contributed by atoms with Gasteiger partial charge in [-0.1, -0.05) is 34.8 Å². The van der Waals surface area contributed by atoms with Crippen LogP contribution in [-0.2, 0) is 10.4 Å². The van der Waals surface area contributed by atoms with Crippen LogP contribution in [0.1, 0.15) is 21.5 Å². The van der Waals surface area contributed by atoms with Gasteiger partial charge in [0.05, 0.1) is 28.4 Å². The first-order valence-corrected chi connectivity index (χ1v) is 9.75. The molecule has 184 valence electrons. The fraction of sp³-hybridized carbons (Fsp3) is 0.211. The number of alkyl halides is 7. The maximum absolute atomic E-state index is 14.3. The van der Waals surface area contributed by atoms with Crippen molar-refractivity contribution in [2.75, 3.05) is 12.4 Å². The minimum Gasteiger partial charge on any atom is -0.465 e. The maximum Gasteiger partial charge on any atom is 0.435 e. The van der Waals surface area contributed by atoms with Crippen molar-refractivity contribution >= 4 is 58.2 Å². The van der Waals surface area contributed by atoms with E-state index in [0.717, 1.165) is 19.5 Å². The number of esters is 1. The number of nitrogens with one attached hydrogen (secondary N) is 2. The van der Waals surface area contributed by atoms with Gasteiger partial charge in [0.2, 0.25) is 0 Å². The Kier molecular flexibility index (Phi) is 8.11. The smallest absolute Gasteiger partial charge is 0.435 e. The summed E-state index contributed by atoms with van der Waals surface area (Å²) in [5, 5.41) is 8.20. The SMILES string of the molecule is COC(=O)c1cc(/C(C=N)=C/Nc2c(Cl)cc(C(F)(C(F)(F)F)C(F)(F)F)cc2Cl)cnc1Cl. The predicted octanol–water partition coefficient (Wildman–Crippen LogP) is 7.22. The van der Waals surface area contributed by atoms with Gasteiger partial charge in [-0.2, -0.15) is 26.3 Å². The molecule has 0 saturated heterocycles.